The van der Waals surface area contributed by atoms with Gasteiger partial charge in [0.25, 0.3) is 5.69 Å². The first-order chi connectivity index (χ1) is 6.70. The third kappa shape index (κ3) is 1.31. The first-order valence-corrected chi connectivity index (χ1v) is 3.94. The molecule has 0 fully saturated rings. The van der Waals surface area contributed by atoms with E-state index in [0.717, 1.165) is 0 Å². The van der Waals surface area contributed by atoms with E-state index in [9.17, 15) is 10.1 Å². The standard InChI is InChI=1S/C8H7N3O3/c9-4-8-10-6-3-5(11(12)13)1-2-7(6)14-8/h1-3H,4,9H2. The number of hydrogen-bond donors (Lipinski definition) is 1. The van der Waals surface area contributed by atoms with E-state index < -0.39 is 4.92 Å². The van der Waals surface area contributed by atoms with Crippen LogP contribution in [0, 0.1) is 10.1 Å². The highest BCUT2D eigenvalue weighted by Crippen LogP contribution is 2.20. The summed E-state index contributed by atoms with van der Waals surface area (Å²) in [6.45, 7) is 0.183. The smallest absolute Gasteiger partial charge is 0.271 e. The van der Waals surface area contributed by atoms with Crippen LogP contribution in [0.5, 0.6) is 0 Å². The number of oxazole rings is 1. The predicted molar refractivity (Wildman–Crippen MR) is 48.6 cm³/mol. The largest absolute Gasteiger partial charge is 0.439 e. The van der Waals surface area contributed by atoms with Gasteiger partial charge in [0.15, 0.2) is 5.58 Å². The molecule has 1 heterocycles. The zero-order valence-corrected chi connectivity index (χ0v) is 7.14. The second kappa shape index (κ2) is 3.08. The van der Waals surface area contributed by atoms with Crippen molar-refractivity contribution >= 4 is 16.8 Å². The number of fused-ring (bicyclic) bond motifs is 1. The van der Waals surface area contributed by atoms with Crippen molar-refractivity contribution in [3.8, 4) is 0 Å². The van der Waals surface area contributed by atoms with E-state index >= 15 is 0 Å². The molecule has 0 aliphatic carbocycles. The minimum absolute atomic E-state index is 0.00521. The number of hydrogen-bond acceptors (Lipinski definition) is 5. The molecule has 0 amide bonds. The van der Waals surface area contributed by atoms with Crippen molar-refractivity contribution in [1.29, 1.82) is 0 Å². The number of nitro benzene ring substituents is 1. The van der Waals surface area contributed by atoms with Crippen molar-refractivity contribution in [3.05, 3.63) is 34.2 Å². The molecule has 6 heteroatoms. The number of aromatic nitrogens is 1. The lowest BCUT2D eigenvalue weighted by atomic mass is 10.3. The second-order valence-electron chi connectivity index (χ2n) is 2.72. The third-order valence-corrected chi connectivity index (χ3v) is 1.80. The van der Waals surface area contributed by atoms with Gasteiger partial charge in [0.2, 0.25) is 5.89 Å². The molecule has 0 saturated carbocycles. The Labute approximate surface area is 78.5 Å². The van der Waals surface area contributed by atoms with Gasteiger partial charge in [0.05, 0.1) is 11.5 Å². The molecule has 14 heavy (non-hydrogen) atoms. The fourth-order valence-electron chi connectivity index (χ4n) is 1.16. The summed E-state index contributed by atoms with van der Waals surface area (Å²) in [7, 11) is 0. The number of rotatable bonds is 2. The first kappa shape index (κ1) is 8.64. The SMILES string of the molecule is NCc1nc2cc([N+](=O)[O-])ccc2o1. The van der Waals surface area contributed by atoms with E-state index in [4.69, 9.17) is 10.2 Å². The molecule has 1 aromatic carbocycles. The number of nitro groups is 1. The minimum atomic E-state index is -0.476. The summed E-state index contributed by atoms with van der Waals surface area (Å²) < 4.78 is 5.19. The van der Waals surface area contributed by atoms with Gasteiger partial charge < -0.3 is 10.2 Å². The Morgan fingerprint density at radius 2 is 2.36 bits per heavy atom. The molecular weight excluding hydrogens is 186 g/mol. The molecule has 0 unspecified atom stereocenters. The molecule has 72 valence electrons. The average Bonchev–Trinajstić information content (AvgIpc) is 2.58. The summed E-state index contributed by atoms with van der Waals surface area (Å²) in [5, 5.41) is 10.4. The van der Waals surface area contributed by atoms with Gasteiger partial charge in [-0.15, -0.1) is 0 Å². The van der Waals surface area contributed by atoms with E-state index in [1.54, 1.807) is 0 Å². The molecule has 0 saturated heterocycles. The van der Waals surface area contributed by atoms with Crippen molar-refractivity contribution in [2.45, 2.75) is 6.54 Å². The maximum absolute atomic E-state index is 10.4. The molecule has 6 nitrogen and oxygen atoms in total. The average molecular weight is 193 g/mol. The molecular formula is C8H7N3O3. The Morgan fingerprint density at radius 1 is 1.57 bits per heavy atom. The number of non-ortho nitro benzene ring substituents is 1. The Kier molecular flexibility index (Phi) is 1.90. The van der Waals surface area contributed by atoms with Crippen LogP contribution in [0.15, 0.2) is 22.6 Å². The summed E-state index contributed by atoms with van der Waals surface area (Å²) in [5.74, 6) is 0.375. The lowest BCUT2D eigenvalue weighted by Gasteiger charge is -1.88. The summed E-state index contributed by atoms with van der Waals surface area (Å²) in [6.07, 6.45) is 0. The summed E-state index contributed by atoms with van der Waals surface area (Å²) in [6, 6.07) is 4.24. The molecule has 0 aliphatic heterocycles. The zero-order valence-electron chi connectivity index (χ0n) is 7.14. The Hall–Kier alpha value is -1.95. The van der Waals surface area contributed by atoms with Gasteiger partial charge in [-0.25, -0.2) is 4.98 Å². The summed E-state index contributed by atoms with van der Waals surface area (Å²) >= 11 is 0. The number of nitrogens with two attached hydrogens (primary N) is 1. The van der Waals surface area contributed by atoms with E-state index in [-0.39, 0.29) is 12.2 Å². The van der Waals surface area contributed by atoms with Crippen molar-refractivity contribution in [2.75, 3.05) is 0 Å². The van der Waals surface area contributed by atoms with Crippen molar-refractivity contribution in [2.24, 2.45) is 5.73 Å². The third-order valence-electron chi connectivity index (χ3n) is 1.80. The van der Waals surface area contributed by atoms with Crippen LogP contribution in [0.4, 0.5) is 5.69 Å². The van der Waals surface area contributed by atoms with Gasteiger partial charge in [-0.05, 0) is 6.07 Å². The van der Waals surface area contributed by atoms with Crippen LogP contribution in [0.1, 0.15) is 5.89 Å². The first-order valence-electron chi connectivity index (χ1n) is 3.94. The number of nitrogens with zero attached hydrogens (tertiary/aromatic N) is 2. The number of benzene rings is 1. The topological polar surface area (TPSA) is 95.2 Å². The predicted octanol–water partition coefficient (Wildman–Crippen LogP) is 1.19. The van der Waals surface area contributed by atoms with Crippen LogP contribution >= 0.6 is 0 Å². The zero-order chi connectivity index (χ0) is 10.1. The summed E-state index contributed by atoms with van der Waals surface area (Å²) in [4.78, 5) is 13.9. The highest BCUT2D eigenvalue weighted by molar-refractivity contribution is 5.75. The van der Waals surface area contributed by atoms with Gasteiger partial charge in [-0.1, -0.05) is 0 Å². The molecule has 0 bridgehead atoms. The molecule has 0 radical (unpaired) electrons. The van der Waals surface area contributed by atoms with Crippen LogP contribution < -0.4 is 5.73 Å². The van der Waals surface area contributed by atoms with Crippen molar-refractivity contribution < 1.29 is 9.34 Å². The maximum atomic E-state index is 10.4. The van der Waals surface area contributed by atoms with Crippen molar-refractivity contribution in [1.82, 2.24) is 4.98 Å². The molecule has 2 aromatic rings. The van der Waals surface area contributed by atoms with E-state index in [2.05, 4.69) is 4.98 Å². The van der Waals surface area contributed by atoms with Gasteiger partial charge in [-0.3, -0.25) is 10.1 Å². The van der Waals surface area contributed by atoms with Gasteiger partial charge in [0.1, 0.15) is 5.52 Å². The Bertz CT molecular complexity index is 492. The van der Waals surface area contributed by atoms with Crippen LogP contribution in [-0.4, -0.2) is 9.91 Å². The maximum Gasteiger partial charge on any atom is 0.271 e. The second-order valence-corrected chi connectivity index (χ2v) is 2.72. The normalized spacial score (nSPS) is 10.6. The quantitative estimate of drug-likeness (QED) is 0.571. The summed E-state index contributed by atoms with van der Waals surface area (Å²) in [5.41, 5.74) is 6.28. The molecule has 1 aromatic heterocycles. The molecule has 0 aliphatic rings. The van der Waals surface area contributed by atoms with Crippen molar-refractivity contribution in [3.63, 3.8) is 0 Å². The van der Waals surface area contributed by atoms with E-state index in [0.29, 0.717) is 17.0 Å². The van der Waals surface area contributed by atoms with Crippen LogP contribution in [0.25, 0.3) is 11.1 Å². The van der Waals surface area contributed by atoms with E-state index in [1.807, 2.05) is 0 Å². The van der Waals surface area contributed by atoms with Gasteiger partial charge in [0, 0.05) is 12.1 Å². The highest BCUT2D eigenvalue weighted by atomic mass is 16.6. The molecule has 2 rings (SSSR count). The van der Waals surface area contributed by atoms with Gasteiger partial charge >= 0.3 is 0 Å². The van der Waals surface area contributed by atoms with Gasteiger partial charge in [-0.2, -0.15) is 0 Å². The van der Waals surface area contributed by atoms with Crippen LogP contribution in [0.3, 0.4) is 0 Å². The lowest BCUT2D eigenvalue weighted by molar-refractivity contribution is -0.384. The minimum Gasteiger partial charge on any atom is -0.439 e. The molecule has 2 N–H and O–H groups in total. The monoisotopic (exact) mass is 193 g/mol. The van der Waals surface area contributed by atoms with E-state index in [1.165, 1.54) is 18.2 Å². The fraction of sp³-hybridized carbons (Fsp3) is 0.125. The fourth-order valence-corrected chi connectivity index (χ4v) is 1.16. The Morgan fingerprint density at radius 3 is 3.00 bits per heavy atom. The van der Waals surface area contributed by atoms with Crippen LogP contribution in [-0.2, 0) is 6.54 Å². The van der Waals surface area contributed by atoms with Crippen LogP contribution in [0.2, 0.25) is 0 Å². The Balaban J connectivity index is 2.59. The lowest BCUT2D eigenvalue weighted by Crippen LogP contribution is -1.95. The molecule has 0 atom stereocenters. The highest BCUT2D eigenvalue weighted by Gasteiger charge is 2.10. The molecule has 0 spiro atoms.